The van der Waals surface area contributed by atoms with Gasteiger partial charge in [0.1, 0.15) is 0 Å². The van der Waals surface area contributed by atoms with Crippen molar-refractivity contribution in [2.75, 3.05) is 32.8 Å². The van der Waals surface area contributed by atoms with Crippen LogP contribution in [0.3, 0.4) is 0 Å². The van der Waals surface area contributed by atoms with Crippen molar-refractivity contribution in [3.05, 3.63) is 0 Å². The van der Waals surface area contributed by atoms with E-state index in [-0.39, 0.29) is 12.0 Å². The zero-order chi connectivity index (χ0) is 13.4. The fraction of sp³-hybridized carbons (Fsp3) is 0.929. The van der Waals surface area contributed by atoms with E-state index in [1.165, 1.54) is 25.8 Å². The summed E-state index contributed by atoms with van der Waals surface area (Å²) in [6.07, 6.45) is 3.87. The van der Waals surface area contributed by atoms with Gasteiger partial charge in [0, 0.05) is 31.2 Å². The number of aliphatic carboxylic acids is 1. The summed E-state index contributed by atoms with van der Waals surface area (Å²) in [6, 6.07) is 1.39. The zero-order valence-electron chi connectivity index (χ0n) is 11.6. The lowest BCUT2D eigenvalue weighted by Crippen LogP contribution is -2.49. The average molecular weight is 268 g/mol. The van der Waals surface area contributed by atoms with E-state index >= 15 is 0 Å². The maximum absolute atomic E-state index is 11.3. The summed E-state index contributed by atoms with van der Waals surface area (Å²) in [7, 11) is 0. The average Bonchev–Trinajstić information content (AvgIpc) is 2.93. The molecule has 0 aromatic carbocycles. The Labute approximate surface area is 114 Å². The van der Waals surface area contributed by atoms with Gasteiger partial charge in [-0.25, -0.2) is 0 Å². The second-order valence-corrected chi connectivity index (χ2v) is 6.05. The van der Waals surface area contributed by atoms with Gasteiger partial charge in [0.2, 0.25) is 0 Å². The van der Waals surface area contributed by atoms with Gasteiger partial charge in [-0.3, -0.25) is 14.6 Å². The van der Waals surface area contributed by atoms with Crippen LogP contribution in [-0.4, -0.2) is 71.8 Å². The largest absolute Gasteiger partial charge is 0.481 e. The molecule has 0 amide bonds. The van der Waals surface area contributed by atoms with Crippen LogP contribution < -0.4 is 0 Å². The Bertz CT molecular complexity index is 346. The molecule has 1 N–H and O–H groups in total. The Morgan fingerprint density at radius 1 is 1.37 bits per heavy atom. The Kier molecular flexibility index (Phi) is 3.78. The van der Waals surface area contributed by atoms with E-state index in [0.717, 1.165) is 19.1 Å². The maximum atomic E-state index is 11.3. The highest BCUT2D eigenvalue weighted by molar-refractivity contribution is 5.71. The molecule has 0 aromatic rings. The second-order valence-electron chi connectivity index (χ2n) is 6.05. The summed E-state index contributed by atoms with van der Waals surface area (Å²) < 4.78 is 5.42. The predicted molar refractivity (Wildman–Crippen MR) is 71.1 cm³/mol. The molecule has 19 heavy (non-hydrogen) atoms. The number of rotatable bonds is 5. The molecule has 0 aromatic heterocycles. The lowest BCUT2D eigenvalue weighted by Gasteiger charge is -2.34. The summed E-state index contributed by atoms with van der Waals surface area (Å²) in [6.45, 7) is 6.29. The van der Waals surface area contributed by atoms with Crippen molar-refractivity contribution in [2.24, 2.45) is 5.92 Å². The molecule has 1 saturated carbocycles. The Balaban J connectivity index is 1.64. The number of hydrogen-bond acceptors (Lipinski definition) is 4. The number of ether oxygens (including phenoxy) is 1. The molecule has 2 aliphatic heterocycles. The number of carboxylic acid groups (broad SMARTS) is 1. The number of likely N-dealkylation sites (N-methyl/N-ethyl adjacent to an activating group) is 1. The van der Waals surface area contributed by atoms with Crippen molar-refractivity contribution in [3.8, 4) is 0 Å². The first-order valence-electron chi connectivity index (χ1n) is 7.51. The van der Waals surface area contributed by atoms with Crippen LogP contribution in [0.4, 0.5) is 0 Å². The molecule has 3 unspecified atom stereocenters. The minimum absolute atomic E-state index is 0.0617. The van der Waals surface area contributed by atoms with Crippen LogP contribution in [0.25, 0.3) is 0 Å². The van der Waals surface area contributed by atoms with Crippen molar-refractivity contribution in [2.45, 2.75) is 44.3 Å². The molecule has 5 nitrogen and oxygen atoms in total. The number of carbonyl (C=O) groups is 1. The fourth-order valence-corrected chi connectivity index (χ4v) is 3.68. The Hall–Kier alpha value is -0.650. The van der Waals surface area contributed by atoms with E-state index in [4.69, 9.17) is 4.74 Å². The van der Waals surface area contributed by atoms with Crippen LogP contribution in [0, 0.1) is 5.92 Å². The van der Waals surface area contributed by atoms with Crippen molar-refractivity contribution >= 4 is 5.97 Å². The molecule has 0 radical (unpaired) electrons. The SMILES string of the molecule is CCN(C1CCN(C2CC2)C1)C1COCC1C(=O)O. The van der Waals surface area contributed by atoms with Gasteiger partial charge < -0.3 is 9.84 Å². The van der Waals surface area contributed by atoms with E-state index in [0.29, 0.717) is 19.3 Å². The number of likely N-dealkylation sites (tertiary alicyclic amines) is 1. The third kappa shape index (κ3) is 2.64. The normalized spacial score (nSPS) is 36.2. The van der Waals surface area contributed by atoms with Gasteiger partial charge in [0.25, 0.3) is 0 Å². The first kappa shape index (κ1) is 13.3. The van der Waals surface area contributed by atoms with E-state index in [1.54, 1.807) is 0 Å². The van der Waals surface area contributed by atoms with Gasteiger partial charge in [0.05, 0.1) is 19.1 Å². The highest BCUT2D eigenvalue weighted by Gasteiger charge is 2.43. The van der Waals surface area contributed by atoms with Crippen LogP contribution in [0.2, 0.25) is 0 Å². The lowest BCUT2D eigenvalue weighted by molar-refractivity contribution is -0.143. The van der Waals surface area contributed by atoms with Crippen LogP contribution >= 0.6 is 0 Å². The van der Waals surface area contributed by atoms with Crippen LogP contribution in [0.15, 0.2) is 0 Å². The minimum atomic E-state index is -0.710. The Morgan fingerprint density at radius 2 is 2.16 bits per heavy atom. The van der Waals surface area contributed by atoms with Gasteiger partial charge in [0.15, 0.2) is 0 Å². The molecule has 108 valence electrons. The molecular formula is C14H24N2O3. The van der Waals surface area contributed by atoms with Gasteiger partial charge in [-0.1, -0.05) is 6.92 Å². The highest BCUT2D eigenvalue weighted by atomic mass is 16.5. The van der Waals surface area contributed by atoms with Crippen molar-refractivity contribution in [1.82, 2.24) is 9.80 Å². The number of nitrogens with zero attached hydrogens (tertiary/aromatic N) is 2. The van der Waals surface area contributed by atoms with Gasteiger partial charge in [-0.15, -0.1) is 0 Å². The predicted octanol–water partition coefficient (Wildman–Crippen LogP) is 0.645. The Morgan fingerprint density at radius 3 is 2.79 bits per heavy atom. The summed E-state index contributed by atoms with van der Waals surface area (Å²) in [4.78, 5) is 16.3. The lowest BCUT2D eigenvalue weighted by atomic mass is 10.00. The molecule has 3 fully saturated rings. The summed E-state index contributed by atoms with van der Waals surface area (Å²) in [5.74, 6) is -1.06. The molecule has 2 heterocycles. The molecule has 0 bridgehead atoms. The van der Waals surface area contributed by atoms with Crippen LogP contribution in [0.5, 0.6) is 0 Å². The second kappa shape index (κ2) is 5.38. The fourth-order valence-electron chi connectivity index (χ4n) is 3.68. The number of carboxylic acids is 1. The smallest absolute Gasteiger partial charge is 0.310 e. The number of hydrogen-bond donors (Lipinski definition) is 1. The molecule has 2 saturated heterocycles. The minimum Gasteiger partial charge on any atom is -0.481 e. The van der Waals surface area contributed by atoms with Gasteiger partial charge in [-0.05, 0) is 25.8 Å². The van der Waals surface area contributed by atoms with Gasteiger partial charge >= 0.3 is 5.97 Å². The first-order chi connectivity index (χ1) is 9.20. The molecule has 3 aliphatic rings. The first-order valence-corrected chi connectivity index (χ1v) is 7.51. The van der Waals surface area contributed by atoms with Crippen molar-refractivity contribution in [3.63, 3.8) is 0 Å². The van der Waals surface area contributed by atoms with Crippen molar-refractivity contribution in [1.29, 1.82) is 0 Å². The summed E-state index contributed by atoms with van der Waals surface area (Å²) in [5, 5.41) is 9.30. The molecule has 1 aliphatic carbocycles. The quantitative estimate of drug-likeness (QED) is 0.793. The molecule has 0 spiro atoms. The van der Waals surface area contributed by atoms with Crippen LogP contribution in [-0.2, 0) is 9.53 Å². The molecular weight excluding hydrogens is 244 g/mol. The van der Waals surface area contributed by atoms with E-state index < -0.39 is 5.97 Å². The van der Waals surface area contributed by atoms with E-state index in [9.17, 15) is 9.90 Å². The van der Waals surface area contributed by atoms with Crippen LogP contribution in [0.1, 0.15) is 26.2 Å². The maximum Gasteiger partial charge on any atom is 0.310 e. The monoisotopic (exact) mass is 268 g/mol. The topological polar surface area (TPSA) is 53.0 Å². The summed E-state index contributed by atoms with van der Waals surface area (Å²) >= 11 is 0. The van der Waals surface area contributed by atoms with Gasteiger partial charge in [-0.2, -0.15) is 0 Å². The highest BCUT2D eigenvalue weighted by Crippen LogP contribution is 2.32. The molecule has 5 heteroatoms. The molecule has 3 rings (SSSR count). The third-order valence-corrected chi connectivity index (χ3v) is 4.89. The van der Waals surface area contributed by atoms with Crippen molar-refractivity contribution < 1.29 is 14.6 Å². The zero-order valence-corrected chi connectivity index (χ0v) is 11.6. The van der Waals surface area contributed by atoms with E-state index in [2.05, 4.69) is 16.7 Å². The standard InChI is InChI=1S/C14H24N2O3/c1-2-16(13-9-19-8-12(13)14(17)18)11-5-6-15(7-11)10-3-4-10/h10-13H,2-9H2,1H3,(H,17,18). The summed E-state index contributed by atoms with van der Waals surface area (Å²) in [5.41, 5.74) is 0. The molecule has 3 atom stereocenters. The third-order valence-electron chi connectivity index (χ3n) is 4.89. The van der Waals surface area contributed by atoms with E-state index in [1.807, 2.05) is 0 Å².